The third kappa shape index (κ3) is 4.55. The molecule has 2 aliphatic heterocycles. The largest absolute Gasteiger partial charge is 0.383 e. The lowest BCUT2D eigenvalue weighted by molar-refractivity contribution is -0.151. The smallest absolute Gasteiger partial charge is 0.245 e. The van der Waals surface area contributed by atoms with E-state index in [0.29, 0.717) is 39.3 Å². The van der Waals surface area contributed by atoms with Crippen molar-refractivity contribution in [3.05, 3.63) is 0 Å². The third-order valence-corrected chi connectivity index (χ3v) is 4.06. The molecule has 2 N–H and O–H groups in total. The molecule has 0 spiro atoms. The van der Waals surface area contributed by atoms with E-state index >= 15 is 0 Å². The number of methoxy groups -OCH3 is 1. The second-order valence-corrected chi connectivity index (χ2v) is 5.54. The zero-order valence-electron chi connectivity index (χ0n) is 13.0. The number of likely N-dealkylation sites (tertiary alicyclic amines) is 1. The molecular weight excluding hydrogens is 310 g/mol. The zero-order valence-corrected chi connectivity index (χ0v) is 13.8. The molecule has 2 amide bonds. The van der Waals surface area contributed by atoms with Crippen molar-refractivity contribution in [2.45, 2.75) is 31.3 Å². The molecule has 128 valence electrons. The van der Waals surface area contributed by atoms with Gasteiger partial charge >= 0.3 is 0 Å². The predicted molar refractivity (Wildman–Crippen MR) is 83.9 cm³/mol. The van der Waals surface area contributed by atoms with Crippen LogP contribution in [0.5, 0.6) is 0 Å². The van der Waals surface area contributed by atoms with Crippen LogP contribution in [0.15, 0.2) is 0 Å². The van der Waals surface area contributed by atoms with Gasteiger partial charge in [-0.2, -0.15) is 0 Å². The van der Waals surface area contributed by atoms with E-state index in [1.807, 2.05) is 0 Å². The van der Waals surface area contributed by atoms with Crippen LogP contribution < -0.4 is 5.73 Å². The van der Waals surface area contributed by atoms with Crippen molar-refractivity contribution in [3.8, 4) is 0 Å². The molecule has 2 rings (SSSR count). The lowest BCUT2D eigenvalue weighted by atomic mass is 9.99. The molecular formula is C14H26ClN3O4. The van der Waals surface area contributed by atoms with Gasteiger partial charge in [-0.15, -0.1) is 12.4 Å². The first kappa shape index (κ1) is 19.2. The number of halogens is 1. The summed E-state index contributed by atoms with van der Waals surface area (Å²) in [7, 11) is 1.51. The highest BCUT2D eigenvalue weighted by molar-refractivity contribution is 5.90. The minimum atomic E-state index is -0.701. The molecule has 8 heteroatoms. The maximum Gasteiger partial charge on any atom is 0.245 e. The molecule has 2 atom stereocenters. The lowest BCUT2D eigenvalue weighted by Crippen LogP contribution is -2.58. The third-order valence-electron chi connectivity index (χ3n) is 4.06. The fraction of sp³-hybridized carbons (Fsp3) is 0.857. The van der Waals surface area contributed by atoms with Crippen LogP contribution in [-0.2, 0) is 19.1 Å². The molecule has 0 saturated carbocycles. The Bertz CT molecular complexity index is 377. The van der Waals surface area contributed by atoms with E-state index in [1.54, 1.807) is 9.80 Å². The molecule has 7 nitrogen and oxygen atoms in total. The van der Waals surface area contributed by atoms with Crippen molar-refractivity contribution in [3.63, 3.8) is 0 Å². The van der Waals surface area contributed by atoms with Crippen molar-refractivity contribution in [1.29, 1.82) is 0 Å². The van der Waals surface area contributed by atoms with E-state index in [2.05, 4.69) is 0 Å². The Morgan fingerprint density at radius 2 is 1.95 bits per heavy atom. The van der Waals surface area contributed by atoms with Crippen LogP contribution in [0.4, 0.5) is 0 Å². The summed E-state index contributed by atoms with van der Waals surface area (Å²) in [5.74, 6) is -0.167. The molecule has 2 heterocycles. The van der Waals surface area contributed by atoms with E-state index in [4.69, 9.17) is 15.2 Å². The summed E-state index contributed by atoms with van der Waals surface area (Å²) in [6, 6.07) is -1.08. The molecule has 22 heavy (non-hydrogen) atoms. The van der Waals surface area contributed by atoms with Gasteiger partial charge in [0, 0.05) is 26.7 Å². The molecule has 2 unspecified atom stereocenters. The monoisotopic (exact) mass is 335 g/mol. The van der Waals surface area contributed by atoms with Crippen LogP contribution in [0.25, 0.3) is 0 Å². The second-order valence-electron chi connectivity index (χ2n) is 5.54. The number of rotatable bonds is 4. The van der Waals surface area contributed by atoms with Gasteiger partial charge < -0.3 is 25.0 Å². The minimum Gasteiger partial charge on any atom is -0.383 e. The second kappa shape index (κ2) is 9.29. The van der Waals surface area contributed by atoms with E-state index in [0.717, 1.165) is 12.8 Å². The molecule has 2 aliphatic rings. The summed E-state index contributed by atoms with van der Waals surface area (Å²) in [5, 5.41) is 0. The summed E-state index contributed by atoms with van der Waals surface area (Å²) in [4.78, 5) is 28.5. The fourth-order valence-electron chi connectivity index (χ4n) is 2.91. The van der Waals surface area contributed by atoms with Crippen molar-refractivity contribution < 1.29 is 19.1 Å². The van der Waals surface area contributed by atoms with Crippen molar-refractivity contribution in [2.24, 2.45) is 5.73 Å². The highest BCUT2D eigenvalue weighted by atomic mass is 35.5. The standard InChI is InChI=1S/C14H25N3O4.ClH/c1-20-10-11(15)13(18)17-5-3-2-4-12(17)14(19)16-6-8-21-9-7-16;/h11-12H,2-10,15H2,1H3;1H. The molecule has 0 aromatic carbocycles. The van der Waals surface area contributed by atoms with Crippen LogP contribution in [0.1, 0.15) is 19.3 Å². The maximum atomic E-state index is 12.7. The van der Waals surface area contributed by atoms with Gasteiger partial charge in [-0.25, -0.2) is 0 Å². The first-order valence-electron chi connectivity index (χ1n) is 7.56. The number of piperidine rings is 1. The Balaban J connectivity index is 0.00000242. The number of carbonyl (C=O) groups excluding carboxylic acids is 2. The van der Waals surface area contributed by atoms with E-state index in [-0.39, 0.29) is 36.9 Å². The van der Waals surface area contributed by atoms with Gasteiger partial charge in [0.15, 0.2) is 0 Å². The number of hydrogen-bond acceptors (Lipinski definition) is 5. The summed E-state index contributed by atoms with van der Waals surface area (Å²) in [6.45, 7) is 3.10. The first-order chi connectivity index (χ1) is 10.1. The van der Waals surface area contributed by atoms with Gasteiger partial charge in [-0.3, -0.25) is 9.59 Å². The van der Waals surface area contributed by atoms with E-state index in [1.165, 1.54) is 7.11 Å². The maximum absolute atomic E-state index is 12.7. The normalized spacial score (nSPS) is 23.6. The molecule has 0 aromatic heterocycles. The number of nitrogens with two attached hydrogens (primary N) is 1. The number of morpholine rings is 1. The Labute approximate surface area is 137 Å². The van der Waals surface area contributed by atoms with Crippen LogP contribution in [-0.4, -0.2) is 80.3 Å². The number of ether oxygens (including phenoxy) is 2. The van der Waals surface area contributed by atoms with Gasteiger partial charge in [-0.1, -0.05) is 0 Å². The minimum absolute atomic E-state index is 0. The van der Waals surface area contributed by atoms with E-state index in [9.17, 15) is 9.59 Å². The van der Waals surface area contributed by atoms with Crippen molar-refractivity contribution in [1.82, 2.24) is 9.80 Å². The number of hydrogen-bond donors (Lipinski definition) is 1. The van der Waals surface area contributed by atoms with Crippen LogP contribution in [0, 0.1) is 0 Å². The zero-order chi connectivity index (χ0) is 15.2. The van der Waals surface area contributed by atoms with Gasteiger partial charge in [0.05, 0.1) is 19.8 Å². The lowest BCUT2D eigenvalue weighted by Gasteiger charge is -2.39. The topological polar surface area (TPSA) is 85.1 Å². The number of carbonyl (C=O) groups is 2. The highest BCUT2D eigenvalue weighted by Gasteiger charge is 2.36. The van der Waals surface area contributed by atoms with Gasteiger partial charge in [0.1, 0.15) is 12.1 Å². The molecule has 0 aromatic rings. The SMILES string of the molecule is COCC(N)C(=O)N1CCCCC1C(=O)N1CCOCC1.Cl. The predicted octanol–water partition coefficient (Wildman–Crippen LogP) is -0.378. The molecule has 0 aliphatic carbocycles. The number of amides is 2. The molecule has 0 radical (unpaired) electrons. The molecule has 2 fully saturated rings. The summed E-state index contributed by atoms with van der Waals surface area (Å²) >= 11 is 0. The molecule has 0 bridgehead atoms. The Hall–Kier alpha value is -0.890. The Morgan fingerprint density at radius 1 is 1.27 bits per heavy atom. The highest BCUT2D eigenvalue weighted by Crippen LogP contribution is 2.20. The van der Waals surface area contributed by atoms with E-state index < -0.39 is 6.04 Å². The average Bonchev–Trinajstić information content (AvgIpc) is 2.54. The van der Waals surface area contributed by atoms with Gasteiger partial charge in [0.25, 0.3) is 0 Å². The van der Waals surface area contributed by atoms with Crippen LogP contribution >= 0.6 is 12.4 Å². The summed E-state index contributed by atoms with van der Waals surface area (Å²) in [6.07, 6.45) is 2.59. The van der Waals surface area contributed by atoms with Gasteiger partial charge in [0.2, 0.25) is 11.8 Å². The Kier molecular flexibility index (Phi) is 8.09. The Morgan fingerprint density at radius 3 is 2.59 bits per heavy atom. The summed E-state index contributed by atoms with van der Waals surface area (Å²) in [5.41, 5.74) is 5.84. The number of nitrogens with zero attached hydrogens (tertiary/aromatic N) is 2. The van der Waals surface area contributed by atoms with Crippen molar-refractivity contribution >= 4 is 24.2 Å². The van der Waals surface area contributed by atoms with Crippen molar-refractivity contribution in [2.75, 3.05) is 46.6 Å². The van der Waals surface area contributed by atoms with Gasteiger partial charge in [-0.05, 0) is 19.3 Å². The fourth-order valence-corrected chi connectivity index (χ4v) is 2.91. The van der Waals surface area contributed by atoms with Crippen LogP contribution in [0.2, 0.25) is 0 Å². The quantitative estimate of drug-likeness (QED) is 0.757. The molecule has 2 saturated heterocycles. The van der Waals surface area contributed by atoms with Crippen LogP contribution in [0.3, 0.4) is 0 Å². The first-order valence-corrected chi connectivity index (χ1v) is 7.56. The summed E-state index contributed by atoms with van der Waals surface area (Å²) < 4.78 is 10.2. The average molecular weight is 336 g/mol.